The molecule has 3 nitrogen and oxygen atoms in total. The van der Waals surface area contributed by atoms with Gasteiger partial charge in [-0.25, -0.2) is 9.97 Å². The molecule has 0 unspecified atom stereocenters. The van der Waals surface area contributed by atoms with Gasteiger partial charge < -0.3 is 5.73 Å². The number of alkyl halides is 3. The van der Waals surface area contributed by atoms with Gasteiger partial charge in [0, 0.05) is 18.1 Å². The molecule has 19 heavy (non-hydrogen) atoms. The van der Waals surface area contributed by atoms with Crippen molar-refractivity contribution < 1.29 is 13.2 Å². The monoisotopic (exact) mass is 285 g/mol. The van der Waals surface area contributed by atoms with Crippen molar-refractivity contribution in [1.29, 1.82) is 0 Å². The van der Waals surface area contributed by atoms with Crippen molar-refractivity contribution in [3.8, 4) is 0 Å². The molecule has 1 aromatic heterocycles. The number of halogens is 3. The molecule has 0 fully saturated rings. The predicted octanol–water partition coefficient (Wildman–Crippen LogP) is 3.37. The maximum atomic E-state index is 12.4. The van der Waals surface area contributed by atoms with Crippen molar-refractivity contribution in [2.45, 2.75) is 17.0 Å². The van der Waals surface area contributed by atoms with Crippen LogP contribution in [0, 0.1) is 0 Å². The second-order valence-electron chi connectivity index (χ2n) is 3.73. The van der Waals surface area contributed by atoms with Crippen molar-refractivity contribution in [1.82, 2.24) is 9.97 Å². The summed E-state index contributed by atoms with van der Waals surface area (Å²) >= 11 is 1.33. The molecule has 0 aliphatic rings. The van der Waals surface area contributed by atoms with Gasteiger partial charge in [-0.15, -0.1) is 0 Å². The number of nitrogens with two attached hydrogens (primary N) is 1. The number of thioether (sulfide) groups is 1. The second-order valence-corrected chi connectivity index (χ2v) is 4.69. The molecular weight excluding hydrogens is 275 g/mol. The van der Waals surface area contributed by atoms with Crippen LogP contribution in [0.2, 0.25) is 0 Å². The minimum Gasteiger partial charge on any atom is -0.381 e. The third-order valence-corrected chi connectivity index (χ3v) is 3.41. The van der Waals surface area contributed by atoms with Crippen LogP contribution in [0.5, 0.6) is 0 Å². The Balaban J connectivity index is 2.03. The zero-order chi connectivity index (χ0) is 13.9. The molecule has 2 aromatic rings. The molecule has 0 atom stereocenters. The Hall–Kier alpha value is -1.76. The first-order chi connectivity index (χ1) is 8.97. The highest BCUT2D eigenvalue weighted by Crippen LogP contribution is 2.30. The fourth-order valence-electron chi connectivity index (χ4n) is 1.39. The van der Waals surface area contributed by atoms with E-state index < -0.39 is 11.7 Å². The first-order valence-electron chi connectivity index (χ1n) is 5.32. The van der Waals surface area contributed by atoms with Crippen LogP contribution in [0.25, 0.3) is 0 Å². The lowest BCUT2D eigenvalue weighted by Gasteiger charge is -2.07. The fourth-order valence-corrected chi connectivity index (χ4v) is 2.22. The number of hydrogen-bond donors (Lipinski definition) is 1. The van der Waals surface area contributed by atoms with Crippen molar-refractivity contribution >= 4 is 17.6 Å². The van der Waals surface area contributed by atoms with E-state index in [1.807, 2.05) is 0 Å². The summed E-state index contributed by atoms with van der Waals surface area (Å²) in [6.45, 7) is 0. The standard InChI is InChI=1S/C12H10F3N3S/c13-12(14,15)9-3-1-8(2-4-9)7-19-11-10(16)17-5-6-18-11/h1-6H,7H2,(H2,16,17). The number of nitrogen functional groups attached to an aromatic ring is 1. The maximum absolute atomic E-state index is 12.4. The third kappa shape index (κ3) is 3.60. The molecule has 1 heterocycles. The summed E-state index contributed by atoms with van der Waals surface area (Å²) in [5.74, 6) is 0.806. The molecule has 0 amide bonds. The minimum atomic E-state index is -4.30. The SMILES string of the molecule is Nc1nccnc1SCc1ccc(C(F)(F)F)cc1. The van der Waals surface area contributed by atoms with Crippen LogP contribution in [-0.2, 0) is 11.9 Å². The summed E-state index contributed by atoms with van der Waals surface area (Å²) in [5, 5.41) is 0.572. The van der Waals surface area contributed by atoms with Gasteiger partial charge in [-0.3, -0.25) is 0 Å². The minimum absolute atomic E-state index is 0.319. The van der Waals surface area contributed by atoms with E-state index in [0.717, 1.165) is 17.7 Å². The Morgan fingerprint density at radius 1 is 1.05 bits per heavy atom. The summed E-state index contributed by atoms with van der Waals surface area (Å²) in [6.07, 6.45) is -1.30. The summed E-state index contributed by atoms with van der Waals surface area (Å²) in [6, 6.07) is 5.02. The number of aromatic nitrogens is 2. The topological polar surface area (TPSA) is 51.8 Å². The van der Waals surface area contributed by atoms with Crippen molar-refractivity contribution in [3.63, 3.8) is 0 Å². The van der Waals surface area contributed by atoms with E-state index in [1.165, 1.54) is 36.3 Å². The van der Waals surface area contributed by atoms with E-state index >= 15 is 0 Å². The first kappa shape index (κ1) is 13.7. The molecule has 100 valence electrons. The Bertz CT molecular complexity index is 555. The van der Waals surface area contributed by atoms with Gasteiger partial charge in [0.1, 0.15) is 5.03 Å². The lowest BCUT2D eigenvalue weighted by atomic mass is 10.1. The molecule has 0 spiro atoms. The van der Waals surface area contributed by atoms with Crippen LogP contribution < -0.4 is 5.73 Å². The van der Waals surface area contributed by atoms with E-state index in [-0.39, 0.29) is 0 Å². The van der Waals surface area contributed by atoms with E-state index in [1.54, 1.807) is 0 Å². The summed E-state index contributed by atoms with van der Waals surface area (Å²) in [5.41, 5.74) is 5.74. The number of hydrogen-bond acceptors (Lipinski definition) is 4. The lowest BCUT2D eigenvalue weighted by Crippen LogP contribution is -2.04. The molecule has 2 N–H and O–H groups in total. The van der Waals surface area contributed by atoms with Crippen molar-refractivity contribution in [2.24, 2.45) is 0 Å². The molecule has 0 aliphatic heterocycles. The number of rotatable bonds is 3. The van der Waals surface area contributed by atoms with Gasteiger partial charge in [0.25, 0.3) is 0 Å². The summed E-state index contributed by atoms with van der Waals surface area (Å²) in [7, 11) is 0. The van der Waals surface area contributed by atoms with E-state index in [2.05, 4.69) is 9.97 Å². The third-order valence-electron chi connectivity index (χ3n) is 2.35. The van der Waals surface area contributed by atoms with Crippen LogP contribution in [0.4, 0.5) is 19.0 Å². The number of anilines is 1. The van der Waals surface area contributed by atoms with E-state index in [4.69, 9.17) is 5.73 Å². The Kier molecular flexibility index (Phi) is 3.94. The van der Waals surface area contributed by atoms with E-state index in [0.29, 0.717) is 16.6 Å². The summed E-state index contributed by atoms with van der Waals surface area (Å²) in [4.78, 5) is 7.93. The molecule has 1 aromatic carbocycles. The fraction of sp³-hybridized carbons (Fsp3) is 0.167. The van der Waals surface area contributed by atoms with Crippen LogP contribution in [0.15, 0.2) is 41.7 Å². The average Bonchev–Trinajstić information content (AvgIpc) is 2.37. The van der Waals surface area contributed by atoms with Crippen LogP contribution in [-0.4, -0.2) is 9.97 Å². The lowest BCUT2D eigenvalue weighted by molar-refractivity contribution is -0.137. The quantitative estimate of drug-likeness (QED) is 0.878. The van der Waals surface area contributed by atoms with Crippen LogP contribution in [0.3, 0.4) is 0 Å². The second kappa shape index (κ2) is 5.48. The molecular formula is C12H10F3N3S. The van der Waals surface area contributed by atoms with E-state index in [9.17, 15) is 13.2 Å². The number of nitrogens with zero attached hydrogens (tertiary/aromatic N) is 2. The largest absolute Gasteiger partial charge is 0.416 e. The van der Waals surface area contributed by atoms with Gasteiger partial charge in [0.2, 0.25) is 0 Å². The molecule has 0 saturated heterocycles. The molecule has 0 saturated carbocycles. The Labute approximate surface area is 112 Å². The van der Waals surface area contributed by atoms with Crippen LogP contribution in [0.1, 0.15) is 11.1 Å². The first-order valence-corrected chi connectivity index (χ1v) is 6.31. The molecule has 0 bridgehead atoms. The van der Waals surface area contributed by atoms with Gasteiger partial charge in [0.15, 0.2) is 5.82 Å². The zero-order valence-corrected chi connectivity index (χ0v) is 10.5. The van der Waals surface area contributed by atoms with Gasteiger partial charge in [-0.2, -0.15) is 13.2 Å². The maximum Gasteiger partial charge on any atom is 0.416 e. The predicted molar refractivity (Wildman–Crippen MR) is 67.4 cm³/mol. The Morgan fingerprint density at radius 3 is 2.26 bits per heavy atom. The van der Waals surface area contributed by atoms with Crippen molar-refractivity contribution in [2.75, 3.05) is 5.73 Å². The highest BCUT2D eigenvalue weighted by Gasteiger charge is 2.29. The van der Waals surface area contributed by atoms with Gasteiger partial charge in [-0.05, 0) is 17.7 Å². The molecule has 2 rings (SSSR count). The van der Waals surface area contributed by atoms with Crippen molar-refractivity contribution in [3.05, 3.63) is 47.8 Å². The van der Waals surface area contributed by atoms with Crippen LogP contribution >= 0.6 is 11.8 Å². The van der Waals surface area contributed by atoms with Gasteiger partial charge in [-0.1, -0.05) is 23.9 Å². The number of benzene rings is 1. The smallest absolute Gasteiger partial charge is 0.381 e. The molecule has 0 radical (unpaired) electrons. The van der Waals surface area contributed by atoms with Gasteiger partial charge in [0.05, 0.1) is 5.56 Å². The Morgan fingerprint density at radius 2 is 1.68 bits per heavy atom. The summed E-state index contributed by atoms with van der Waals surface area (Å²) < 4.78 is 37.1. The highest BCUT2D eigenvalue weighted by atomic mass is 32.2. The normalized spacial score (nSPS) is 11.5. The average molecular weight is 285 g/mol. The molecule has 0 aliphatic carbocycles. The van der Waals surface area contributed by atoms with Gasteiger partial charge >= 0.3 is 6.18 Å². The highest BCUT2D eigenvalue weighted by molar-refractivity contribution is 7.98. The molecule has 7 heteroatoms. The zero-order valence-electron chi connectivity index (χ0n) is 9.69.